The van der Waals surface area contributed by atoms with Crippen molar-refractivity contribution in [2.75, 3.05) is 17.2 Å². The second kappa shape index (κ2) is 8.47. The van der Waals surface area contributed by atoms with Gasteiger partial charge in [0.25, 0.3) is 0 Å². The fourth-order valence-electron chi connectivity index (χ4n) is 4.34. The van der Waals surface area contributed by atoms with Crippen LogP contribution >= 0.6 is 0 Å². The number of nitrogens with two attached hydrogens (primary N) is 1. The van der Waals surface area contributed by atoms with Crippen LogP contribution in [0.25, 0.3) is 22.2 Å². The van der Waals surface area contributed by atoms with E-state index in [2.05, 4.69) is 30.6 Å². The van der Waals surface area contributed by atoms with Gasteiger partial charge in [-0.05, 0) is 25.0 Å². The van der Waals surface area contributed by atoms with E-state index in [-0.39, 0.29) is 11.4 Å². The van der Waals surface area contributed by atoms with Gasteiger partial charge in [0, 0.05) is 30.0 Å². The van der Waals surface area contributed by atoms with Crippen LogP contribution in [0.5, 0.6) is 5.88 Å². The van der Waals surface area contributed by atoms with Crippen LogP contribution in [0.3, 0.4) is 0 Å². The molecule has 0 atom stereocenters. The summed E-state index contributed by atoms with van der Waals surface area (Å²) in [6.45, 7) is 0.608. The molecule has 0 saturated heterocycles. The normalized spacial score (nSPS) is 15.5. The van der Waals surface area contributed by atoms with Gasteiger partial charge in [0.1, 0.15) is 11.2 Å². The lowest BCUT2D eigenvalue weighted by Gasteiger charge is -2.33. The molecule has 3 aromatic heterocycles. The summed E-state index contributed by atoms with van der Waals surface area (Å²) in [6.07, 6.45) is 8.97. The Morgan fingerprint density at radius 2 is 1.84 bits per heavy atom. The fourth-order valence-corrected chi connectivity index (χ4v) is 4.34. The van der Waals surface area contributed by atoms with E-state index in [0.29, 0.717) is 29.2 Å². The topological polar surface area (TPSA) is 125 Å². The molecule has 164 valence electrons. The van der Waals surface area contributed by atoms with Crippen LogP contribution < -0.4 is 16.4 Å². The first-order valence-corrected chi connectivity index (χ1v) is 11.0. The molecule has 0 aliphatic heterocycles. The molecule has 0 unspecified atom stereocenters. The van der Waals surface area contributed by atoms with Crippen LogP contribution in [0.15, 0.2) is 54.9 Å². The Bertz CT molecular complexity index is 1220. The van der Waals surface area contributed by atoms with Crippen molar-refractivity contribution in [3.63, 3.8) is 0 Å². The molecule has 32 heavy (non-hydrogen) atoms. The lowest BCUT2D eigenvalue weighted by atomic mass is 9.82. The number of fused-ring (bicyclic) bond motifs is 1. The summed E-state index contributed by atoms with van der Waals surface area (Å²) in [4.78, 5) is 16.6. The van der Waals surface area contributed by atoms with Crippen LogP contribution in [0.2, 0.25) is 0 Å². The first-order valence-electron chi connectivity index (χ1n) is 11.0. The van der Waals surface area contributed by atoms with Gasteiger partial charge in [0.15, 0.2) is 0 Å². The van der Waals surface area contributed by atoms with Crippen LogP contribution in [0, 0.1) is 0 Å². The Hall–Kier alpha value is -3.65. The minimum atomic E-state index is -0.242. The summed E-state index contributed by atoms with van der Waals surface area (Å²) >= 11 is 0. The summed E-state index contributed by atoms with van der Waals surface area (Å²) in [5, 5.41) is 17.6. The number of hydrogen-bond acceptors (Lipinski definition) is 7. The molecule has 0 amide bonds. The molecule has 1 saturated carbocycles. The standard InChI is InChI=1S/C24H27N7O/c25-24(11-5-2-6-12-24)15-28-23-30-18-14-27-22(32)19(18)21(31-23)29-17-10-7-13-26-20(17)16-8-3-1-4-9-16/h1,3-4,7-10,13-14,27,32H,2,5-6,11-12,15,25H2,(H2,28,29,30,31). The summed E-state index contributed by atoms with van der Waals surface area (Å²) < 4.78 is 0. The molecule has 3 heterocycles. The second-order valence-electron chi connectivity index (χ2n) is 8.46. The van der Waals surface area contributed by atoms with Gasteiger partial charge >= 0.3 is 0 Å². The lowest BCUT2D eigenvalue weighted by Crippen LogP contribution is -2.47. The van der Waals surface area contributed by atoms with Gasteiger partial charge in [-0.3, -0.25) is 4.98 Å². The molecule has 8 heteroatoms. The van der Waals surface area contributed by atoms with Crippen molar-refractivity contribution in [1.29, 1.82) is 0 Å². The highest BCUT2D eigenvalue weighted by Gasteiger charge is 2.27. The second-order valence-corrected chi connectivity index (χ2v) is 8.46. The zero-order chi connectivity index (χ0) is 22.0. The van der Waals surface area contributed by atoms with Crippen LogP contribution in [0.4, 0.5) is 17.5 Å². The molecule has 1 aromatic carbocycles. The van der Waals surface area contributed by atoms with Crippen molar-refractivity contribution in [3.8, 4) is 17.1 Å². The summed E-state index contributed by atoms with van der Waals surface area (Å²) in [6, 6.07) is 13.7. The number of benzene rings is 1. The van der Waals surface area contributed by atoms with Gasteiger partial charge in [0.05, 0.1) is 16.9 Å². The highest BCUT2D eigenvalue weighted by atomic mass is 16.3. The molecule has 0 radical (unpaired) electrons. The Labute approximate surface area is 186 Å². The maximum atomic E-state index is 10.4. The number of aromatic nitrogens is 4. The van der Waals surface area contributed by atoms with E-state index >= 15 is 0 Å². The van der Waals surface area contributed by atoms with E-state index in [1.165, 1.54) is 6.42 Å². The van der Waals surface area contributed by atoms with Crippen molar-refractivity contribution in [1.82, 2.24) is 19.9 Å². The third-order valence-corrected chi connectivity index (χ3v) is 6.08. The number of nitrogens with one attached hydrogen (secondary N) is 3. The molecule has 1 aliphatic carbocycles. The number of aromatic amines is 1. The van der Waals surface area contributed by atoms with Crippen molar-refractivity contribution in [2.24, 2.45) is 5.73 Å². The lowest BCUT2D eigenvalue weighted by molar-refractivity contribution is 0.311. The molecule has 4 aromatic rings. The van der Waals surface area contributed by atoms with Gasteiger partial charge in [0.2, 0.25) is 11.8 Å². The average Bonchev–Trinajstić information content (AvgIpc) is 3.20. The predicted molar refractivity (Wildman–Crippen MR) is 127 cm³/mol. The average molecular weight is 430 g/mol. The van der Waals surface area contributed by atoms with Crippen molar-refractivity contribution >= 4 is 28.4 Å². The van der Waals surface area contributed by atoms with E-state index in [0.717, 1.165) is 42.6 Å². The highest BCUT2D eigenvalue weighted by molar-refractivity contribution is 5.97. The molecular formula is C24H27N7O. The van der Waals surface area contributed by atoms with Crippen LogP contribution in [0.1, 0.15) is 32.1 Å². The van der Waals surface area contributed by atoms with Crippen LogP contribution in [-0.2, 0) is 0 Å². The number of nitrogens with zero attached hydrogens (tertiary/aromatic N) is 3. The number of anilines is 3. The minimum absolute atomic E-state index is 0.0155. The summed E-state index contributed by atoms with van der Waals surface area (Å²) in [5.74, 6) is 0.984. The maximum Gasteiger partial charge on any atom is 0.225 e. The van der Waals surface area contributed by atoms with E-state index in [1.807, 2.05) is 42.5 Å². The Balaban J connectivity index is 1.48. The van der Waals surface area contributed by atoms with E-state index in [4.69, 9.17) is 5.73 Å². The third kappa shape index (κ3) is 4.09. The Morgan fingerprint density at radius 3 is 2.66 bits per heavy atom. The van der Waals surface area contributed by atoms with Crippen molar-refractivity contribution in [2.45, 2.75) is 37.6 Å². The van der Waals surface area contributed by atoms with Crippen molar-refractivity contribution < 1.29 is 5.11 Å². The smallest absolute Gasteiger partial charge is 0.225 e. The maximum absolute atomic E-state index is 10.4. The molecule has 6 N–H and O–H groups in total. The molecular weight excluding hydrogens is 402 g/mol. The van der Waals surface area contributed by atoms with Gasteiger partial charge < -0.3 is 26.5 Å². The molecule has 1 aliphatic rings. The molecule has 5 rings (SSSR count). The summed E-state index contributed by atoms with van der Waals surface area (Å²) in [5.41, 5.74) is 9.52. The first kappa shape index (κ1) is 20.3. The zero-order valence-electron chi connectivity index (χ0n) is 17.8. The van der Waals surface area contributed by atoms with E-state index < -0.39 is 0 Å². The predicted octanol–water partition coefficient (Wildman–Crippen LogP) is 4.54. The Morgan fingerprint density at radius 1 is 1.03 bits per heavy atom. The van der Waals surface area contributed by atoms with Gasteiger partial charge in [-0.25, -0.2) is 4.98 Å². The number of rotatable bonds is 6. The number of H-pyrrole nitrogens is 1. The van der Waals surface area contributed by atoms with Gasteiger partial charge in [-0.2, -0.15) is 4.98 Å². The first-order chi connectivity index (χ1) is 15.6. The van der Waals surface area contributed by atoms with Gasteiger partial charge in [-0.1, -0.05) is 49.6 Å². The minimum Gasteiger partial charge on any atom is -0.494 e. The number of pyridine rings is 1. The largest absolute Gasteiger partial charge is 0.494 e. The number of hydrogen-bond donors (Lipinski definition) is 5. The number of aromatic hydroxyl groups is 1. The monoisotopic (exact) mass is 429 g/mol. The van der Waals surface area contributed by atoms with Gasteiger partial charge in [-0.15, -0.1) is 0 Å². The zero-order valence-corrected chi connectivity index (χ0v) is 17.8. The fraction of sp³-hybridized carbons (Fsp3) is 0.292. The SMILES string of the molecule is NC1(CNc2nc(Nc3cccnc3-c3ccccc3)c3c(O)[nH]cc3n2)CCCCC1. The Kier molecular flexibility index (Phi) is 5.36. The molecule has 8 nitrogen and oxygen atoms in total. The third-order valence-electron chi connectivity index (χ3n) is 6.08. The van der Waals surface area contributed by atoms with E-state index in [1.54, 1.807) is 12.4 Å². The quantitative estimate of drug-likeness (QED) is 0.305. The molecule has 0 bridgehead atoms. The summed E-state index contributed by atoms with van der Waals surface area (Å²) in [7, 11) is 0. The van der Waals surface area contributed by atoms with Crippen LogP contribution in [-0.4, -0.2) is 37.1 Å². The van der Waals surface area contributed by atoms with E-state index in [9.17, 15) is 5.11 Å². The van der Waals surface area contributed by atoms with Crippen molar-refractivity contribution in [3.05, 3.63) is 54.9 Å². The molecule has 0 spiro atoms. The highest BCUT2D eigenvalue weighted by Crippen LogP contribution is 2.34. The molecule has 1 fully saturated rings.